The van der Waals surface area contributed by atoms with Gasteiger partial charge < -0.3 is 15.0 Å². The van der Waals surface area contributed by atoms with Gasteiger partial charge >= 0.3 is 5.97 Å². The summed E-state index contributed by atoms with van der Waals surface area (Å²) < 4.78 is 4.94. The molecule has 2 unspecified atom stereocenters. The fourth-order valence-electron chi connectivity index (χ4n) is 2.20. The van der Waals surface area contributed by atoms with E-state index in [1.165, 1.54) is 0 Å². The second kappa shape index (κ2) is 7.71. The van der Waals surface area contributed by atoms with Crippen molar-refractivity contribution in [1.82, 2.24) is 15.1 Å². The minimum atomic E-state index is -0.119. The fourth-order valence-corrected chi connectivity index (χ4v) is 2.20. The van der Waals surface area contributed by atoms with Gasteiger partial charge in [0.2, 0.25) is 0 Å². The number of hydrogen-bond donors (Lipinski definition) is 1. The molecule has 1 heterocycles. The van der Waals surface area contributed by atoms with Crippen molar-refractivity contribution in [3.05, 3.63) is 0 Å². The van der Waals surface area contributed by atoms with E-state index in [4.69, 9.17) is 4.74 Å². The van der Waals surface area contributed by atoms with Crippen LogP contribution in [0.4, 0.5) is 0 Å². The van der Waals surface area contributed by atoms with Crippen LogP contribution >= 0.6 is 0 Å². The van der Waals surface area contributed by atoms with Crippen LogP contribution in [0, 0.1) is 0 Å². The number of nitrogens with one attached hydrogen (secondary N) is 1. The molecule has 1 saturated heterocycles. The van der Waals surface area contributed by atoms with E-state index in [1.54, 1.807) is 0 Å². The monoisotopic (exact) mass is 257 g/mol. The van der Waals surface area contributed by atoms with Gasteiger partial charge in [-0.15, -0.1) is 0 Å². The highest BCUT2D eigenvalue weighted by Gasteiger charge is 2.22. The van der Waals surface area contributed by atoms with Crippen molar-refractivity contribution in [2.24, 2.45) is 0 Å². The Morgan fingerprint density at radius 3 is 2.83 bits per heavy atom. The van der Waals surface area contributed by atoms with Gasteiger partial charge in [0.1, 0.15) is 0 Å². The Balaban J connectivity index is 2.24. The Morgan fingerprint density at radius 2 is 2.17 bits per heavy atom. The highest BCUT2D eigenvalue weighted by atomic mass is 16.5. The van der Waals surface area contributed by atoms with Crippen molar-refractivity contribution in [2.45, 2.75) is 32.4 Å². The Bertz CT molecular complexity index is 261. The van der Waals surface area contributed by atoms with Crippen LogP contribution in [0.5, 0.6) is 0 Å². The normalized spacial score (nSPS) is 23.9. The van der Waals surface area contributed by atoms with E-state index >= 15 is 0 Å². The van der Waals surface area contributed by atoms with E-state index in [2.05, 4.69) is 29.2 Å². The molecule has 0 saturated carbocycles. The maximum Gasteiger partial charge on any atom is 0.307 e. The predicted octanol–water partition coefficient (Wildman–Crippen LogP) is 0.164. The quantitative estimate of drug-likeness (QED) is 0.687. The second-order valence-electron chi connectivity index (χ2n) is 5.22. The highest BCUT2D eigenvalue weighted by Crippen LogP contribution is 2.05. The third-order valence-electron chi connectivity index (χ3n) is 3.46. The molecule has 0 radical (unpaired) electrons. The molecule has 5 nitrogen and oxygen atoms in total. The van der Waals surface area contributed by atoms with Crippen molar-refractivity contribution in [3.63, 3.8) is 0 Å². The van der Waals surface area contributed by atoms with Gasteiger partial charge in [-0.1, -0.05) is 0 Å². The molecular weight excluding hydrogens is 230 g/mol. The van der Waals surface area contributed by atoms with Gasteiger partial charge in [-0.05, 0) is 27.9 Å². The molecule has 2 atom stereocenters. The average molecular weight is 257 g/mol. The number of ether oxygens (including phenoxy) is 1. The summed E-state index contributed by atoms with van der Waals surface area (Å²) in [7, 11) is 4.32. The van der Waals surface area contributed by atoms with Crippen LogP contribution in [0.1, 0.15) is 20.3 Å². The van der Waals surface area contributed by atoms with E-state index in [0.29, 0.717) is 19.1 Å². The third kappa shape index (κ3) is 5.33. The summed E-state index contributed by atoms with van der Waals surface area (Å²) in [5, 5.41) is 3.42. The first-order valence-electron chi connectivity index (χ1n) is 6.80. The van der Waals surface area contributed by atoms with Crippen molar-refractivity contribution in [2.75, 3.05) is 46.9 Å². The van der Waals surface area contributed by atoms with E-state index in [9.17, 15) is 4.79 Å². The molecule has 106 valence electrons. The Hall–Kier alpha value is -0.650. The molecule has 0 amide bonds. The first kappa shape index (κ1) is 15.4. The molecule has 5 heteroatoms. The van der Waals surface area contributed by atoms with Crippen molar-refractivity contribution >= 4 is 5.97 Å². The molecule has 0 aromatic carbocycles. The number of esters is 1. The molecule has 18 heavy (non-hydrogen) atoms. The molecular formula is C13H27N3O2. The molecule has 1 aliphatic heterocycles. The summed E-state index contributed by atoms with van der Waals surface area (Å²) in [5.74, 6) is -0.119. The minimum absolute atomic E-state index is 0.119. The highest BCUT2D eigenvalue weighted by molar-refractivity contribution is 5.69. The summed E-state index contributed by atoms with van der Waals surface area (Å²) in [4.78, 5) is 16.1. The Labute approximate surface area is 110 Å². The SMILES string of the molecule is CCOC(=O)CC(C)NCC1CN(C)CCN1C. The molecule has 0 spiro atoms. The Morgan fingerprint density at radius 1 is 1.44 bits per heavy atom. The summed E-state index contributed by atoms with van der Waals surface area (Å²) in [5.41, 5.74) is 0. The number of nitrogens with zero attached hydrogens (tertiary/aromatic N) is 2. The van der Waals surface area contributed by atoms with Crippen molar-refractivity contribution in [1.29, 1.82) is 0 Å². The molecule has 0 aromatic rings. The lowest BCUT2D eigenvalue weighted by atomic mass is 10.1. The number of piperazine rings is 1. The Kier molecular flexibility index (Phi) is 6.60. The zero-order valence-corrected chi connectivity index (χ0v) is 12.1. The van der Waals surface area contributed by atoms with Crippen LogP contribution in [0.15, 0.2) is 0 Å². The van der Waals surface area contributed by atoms with Crippen LogP contribution in [0.25, 0.3) is 0 Å². The number of rotatable bonds is 6. The smallest absolute Gasteiger partial charge is 0.307 e. The van der Waals surface area contributed by atoms with Gasteiger partial charge in [0, 0.05) is 38.3 Å². The summed E-state index contributed by atoms with van der Waals surface area (Å²) in [6.07, 6.45) is 0.445. The van der Waals surface area contributed by atoms with E-state index in [-0.39, 0.29) is 12.0 Å². The van der Waals surface area contributed by atoms with Gasteiger partial charge in [-0.3, -0.25) is 9.69 Å². The standard InChI is InChI=1S/C13H27N3O2/c1-5-18-13(17)8-11(2)14-9-12-10-15(3)6-7-16(12)4/h11-12,14H,5-10H2,1-4H3. The summed E-state index contributed by atoms with van der Waals surface area (Å²) >= 11 is 0. The average Bonchev–Trinajstić information content (AvgIpc) is 2.30. The molecule has 1 N–H and O–H groups in total. The predicted molar refractivity (Wildman–Crippen MR) is 72.6 cm³/mol. The first-order chi connectivity index (χ1) is 8.52. The van der Waals surface area contributed by atoms with Gasteiger partial charge in [-0.25, -0.2) is 0 Å². The van der Waals surface area contributed by atoms with Crippen molar-refractivity contribution < 1.29 is 9.53 Å². The first-order valence-corrected chi connectivity index (χ1v) is 6.80. The topological polar surface area (TPSA) is 44.8 Å². The third-order valence-corrected chi connectivity index (χ3v) is 3.46. The van der Waals surface area contributed by atoms with Crippen LogP contribution < -0.4 is 5.32 Å². The van der Waals surface area contributed by atoms with Crippen molar-refractivity contribution in [3.8, 4) is 0 Å². The lowest BCUT2D eigenvalue weighted by molar-refractivity contribution is -0.143. The molecule has 1 rings (SSSR count). The van der Waals surface area contributed by atoms with E-state index < -0.39 is 0 Å². The fraction of sp³-hybridized carbons (Fsp3) is 0.923. The number of hydrogen-bond acceptors (Lipinski definition) is 5. The van der Waals surface area contributed by atoms with E-state index in [1.807, 2.05) is 13.8 Å². The minimum Gasteiger partial charge on any atom is -0.466 e. The summed E-state index contributed by atoms with van der Waals surface area (Å²) in [6, 6.07) is 0.693. The van der Waals surface area contributed by atoms with Crippen LogP contribution in [0.3, 0.4) is 0 Å². The molecule has 1 fully saturated rings. The largest absolute Gasteiger partial charge is 0.466 e. The van der Waals surface area contributed by atoms with E-state index in [0.717, 1.165) is 26.2 Å². The zero-order chi connectivity index (χ0) is 13.5. The van der Waals surface area contributed by atoms with Gasteiger partial charge in [0.15, 0.2) is 0 Å². The summed E-state index contributed by atoms with van der Waals surface area (Å²) in [6.45, 7) is 8.56. The maximum absolute atomic E-state index is 11.3. The molecule has 1 aliphatic rings. The number of likely N-dealkylation sites (N-methyl/N-ethyl adjacent to an activating group) is 2. The van der Waals surface area contributed by atoms with Gasteiger partial charge in [0.25, 0.3) is 0 Å². The van der Waals surface area contributed by atoms with Crippen LogP contribution in [0.2, 0.25) is 0 Å². The van der Waals surface area contributed by atoms with Gasteiger partial charge in [0.05, 0.1) is 13.0 Å². The zero-order valence-electron chi connectivity index (χ0n) is 12.1. The maximum atomic E-state index is 11.3. The number of carbonyl (C=O) groups excluding carboxylic acids is 1. The lowest BCUT2D eigenvalue weighted by Crippen LogP contribution is -2.54. The lowest BCUT2D eigenvalue weighted by Gasteiger charge is -2.38. The molecule has 0 aromatic heterocycles. The van der Waals surface area contributed by atoms with Crippen LogP contribution in [-0.2, 0) is 9.53 Å². The van der Waals surface area contributed by atoms with Gasteiger partial charge in [-0.2, -0.15) is 0 Å². The second-order valence-corrected chi connectivity index (χ2v) is 5.22. The molecule has 0 bridgehead atoms. The number of carbonyl (C=O) groups is 1. The molecule has 0 aliphatic carbocycles. The van der Waals surface area contributed by atoms with Crippen LogP contribution in [-0.4, -0.2) is 74.7 Å².